The molecule has 0 aromatic heterocycles. The van der Waals surface area contributed by atoms with E-state index in [0.717, 1.165) is 6.34 Å². The van der Waals surface area contributed by atoms with E-state index in [0.29, 0.717) is 6.26 Å². The zero-order chi connectivity index (χ0) is 10.3. The second-order valence-corrected chi connectivity index (χ2v) is 4.95. The summed E-state index contributed by atoms with van der Waals surface area (Å²) in [7, 11) is -4.28. The van der Waals surface area contributed by atoms with E-state index < -0.39 is 27.4 Å². The van der Waals surface area contributed by atoms with Crippen molar-refractivity contribution in [3.63, 3.8) is 0 Å². The average Bonchev–Trinajstić information content (AvgIpc) is 2.28. The summed E-state index contributed by atoms with van der Waals surface area (Å²) in [5.41, 5.74) is 0. The Hall–Kier alpha value is -0.790. The SMILES string of the molecule is CS(=O)(=O)C1(C(F)(F)F)CN=CN1. The molecule has 0 aromatic carbocycles. The molecule has 1 atom stereocenters. The van der Waals surface area contributed by atoms with E-state index in [-0.39, 0.29) is 0 Å². The fraction of sp³-hybridized carbons (Fsp3) is 0.800. The predicted octanol–water partition coefficient (Wildman–Crippen LogP) is -0.0789. The first-order valence-electron chi connectivity index (χ1n) is 3.23. The van der Waals surface area contributed by atoms with Gasteiger partial charge in [-0.05, 0) is 0 Å². The minimum atomic E-state index is -4.86. The van der Waals surface area contributed by atoms with Crippen LogP contribution in [-0.2, 0) is 9.84 Å². The van der Waals surface area contributed by atoms with Gasteiger partial charge in [-0.25, -0.2) is 8.42 Å². The summed E-state index contributed by atoms with van der Waals surface area (Å²) in [6, 6.07) is 0. The van der Waals surface area contributed by atoms with E-state index in [2.05, 4.69) is 4.99 Å². The summed E-state index contributed by atoms with van der Waals surface area (Å²) in [5, 5.41) is 1.75. The van der Waals surface area contributed by atoms with Crippen LogP contribution in [0.15, 0.2) is 4.99 Å². The van der Waals surface area contributed by atoms with E-state index >= 15 is 0 Å². The van der Waals surface area contributed by atoms with Gasteiger partial charge in [0.15, 0.2) is 9.84 Å². The highest BCUT2D eigenvalue weighted by Gasteiger charge is 2.63. The van der Waals surface area contributed by atoms with Crippen LogP contribution in [0.1, 0.15) is 0 Å². The smallest absolute Gasteiger partial charge is 0.349 e. The molecule has 0 spiro atoms. The van der Waals surface area contributed by atoms with Gasteiger partial charge in [-0.1, -0.05) is 0 Å². The van der Waals surface area contributed by atoms with Crippen molar-refractivity contribution >= 4 is 16.2 Å². The van der Waals surface area contributed by atoms with Gasteiger partial charge in [0.2, 0.25) is 0 Å². The third-order valence-corrected chi connectivity index (χ3v) is 3.54. The van der Waals surface area contributed by atoms with Gasteiger partial charge in [0, 0.05) is 6.26 Å². The van der Waals surface area contributed by atoms with E-state index in [1.54, 1.807) is 5.32 Å². The average molecular weight is 216 g/mol. The van der Waals surface area contributed by atoms with Crippen molar-refractivity contribution in [3.8, 4) is 0 Å². The highest BCUT2D eigenvalue weighted by molar-refractivity contribution is 7.92. The summed E-state index contributed by atoms with van der Waals surface area (Å²) in [6.07, 6.45) is -3.58. The van der Waals surface area contributed by atoms with Crippen LogP contribution in [0.3, 0.4) is 0 Å². The van der Waals surface area contributed by atoms with Gasteiger partial charge < -0.3 is 5.32 Å². The Kier molecular flexibility index (Phi) is 2.06. The Morgan fingerprint density at radius 3 is 2.23 bits per heavy atom. The quantitative estimate of drug-likeness (QED) is 0.667. The number of alkyl halides is 3. The first-order valence-corrected chi connectivity index (χ1v) is 5.12. The predicted molar refractivity (Wildman–Crippen MR) is 40.1 cm³/mol. The molecule has 1 rings (SSSR count). The Balaban J connectivity index is 3.20. The molecular weight excluding hydrogens is 209 g/mol. The standard InChI is InChI=1S/C5H7F3N2O2S/c1-13(11,12)4(5(6,7)8)2-9-3-10-4/h3H,2H2,1H3,(H,9,10). The summed E-state index contributed by atoms with van der Waals surface area (Å²) in [6.45, 7) is -0.824. The number of nitrogens with zero attached hydrogens (tertiary/aromatic N) is 1. The summed E-state index contributed by atoms with van der Waals surface area (Å²) in [5.74, 6) is 0. The third kappa shape index (κ3) is 1.38. The highest BCUT2D eigenvalue weighted by atomic mass is 32.2. The van der Waals surface area contributed by atoms with Crippen molar-refractivity contribution in [2.75, 3.05) is 12.8 Å². The largest absolute Gasteiger partial charge is 0.427 e. The van der Waals surface area contributed by atoms with Crippen LogP contribution in [0.2, 0.25) is 0 Å². The highest BCUT2D eigenvalue weighted by Crippen LogP contribution is 2.36. The Bertz CT molecular complexity index is 324. The third-order valence-electron chi connectivity index (χ3n) is 1.79. The van der Waals surface area contributed by atoms with Crippen LogP contribution < -0.4 is 5.32 Å². The second kappa shape index (κ2) is 2.60. The lowest BCUT2D eigenvalue weighted by Gasteiger charge is -2.28. The van der Waals surface area contributed by atoms with Gasteiger partial charge in [0.25, 0.3) is 4.87 Å². The molecule has 76 valence electrons. The van der Waals surface area contributed by atoms with Crippen LogP contribution in [-0.4, -0.2) is 38.6 Å². The minimum Gasteiger partial charge on any atom is -0.349 e. The Labute approximate surface area is 72.8 Å². The maximum atomic E-state index is 12.4. The first kappa shape index (κ1) is 10.3. The number of nitrogens with one attached hydrogen (secondary N) is 1. The molecule has 1 N–H and O–H groups in total. The van der Waals surface area contributed by atoms with Gasteiger partial charge in [-0.3, -0.25) is 4.99 Å². The monoisotopic (exact) mass is 216 g/mol. The fourth-order valence-corrected chi connectivity index (χ4v) is 1.97. The molecule has 0 amide bonds. The Morgan fingerprint density at radius 1 is 1.54 bits per heavy atom. The first-order chi connectivity index (χ1) is 5.71. The lowest BCUT2D eigenvalue weighted by Crippen LogP contribution is -2.60. The van der Waals surface area contributed by atoms with Crippen molar-refractivity contribution in [1.29, 1.82) is 0 Å². The maximum Gasteiger partial charge on any atom is 0.427 e. The number of hydrogen-bond donors (Lipinski definition) is 1. The molecule has 1 heterocycles. The van der Waals surface area contributed by atoms with Crippen molar-refractivity contribution in [1.82, 2.24) is 5.32 Å². The van der Waals surface area contributed by atoms with E-state index in [4.69, 9.17) is 0 Å². The lowest BCUT2D eigenvalue weighted by atomic mass is 10.3. The minimum absolute atomic E-state index is 0.530. The number of aliphatic imine (C=N–C) groups is 1. The van der Waals surface area contributed by atoms with E-state index in [1.807, 2.05) is 0 Å². The summed E-state index contributed by atoms with van der Waals surface area (Å²) < 4.78 is 59.0. The van der Waals surface area contributed by atoms with Gasteiger partial charge in [-0.15, -0.1) is 0 Å². The zero-order valence-corrected chi connectivity index (χ0v) is 7.41. The van der Waals surface area contributed by atoms with Gasteiger partial charge in [-0.2, -0.15) is 13.2 Å². The molecule has 1 aliphatic heterocycles. The topological polar surface area (TPSA) is 58.5 Å². The van der Waals surface area contributed by atoms with Gasteiger partial charge in [0.1, 0.15) is 0 Å². The van der Waals surface area contributed by atoms with Crippen LogP contribution >= 0.6 is 0 Å². The molecule has 0 saturated carbocycles. The lowest BCUT2D eigenvalue weighted by molar-refractivity contribution is -0.160. The maximum absolute atomic E-state index is 12.4. The van der Waals surface area contributed by atoms with Crippen LogP contribution in [0, 0.1) is 0 Å². The molecule has 0 saturated heterocycles. The molecule has 13 heavy (non-hydrogen) atoms. The molecule has 0 aliphatic carbocycles. The fourth-order valence-electron chi connectivity index (χ4n) is 0.976. The van der Waals surface area contributed by atoms with Crippen molar-refractivity contribution in [2.24, 2.45) is 4.99 Å². The normalized spacial score (nSPS) is 28.9. The van der Waals surface area contributed by atoms with Gasteiger partial charge in [0.05, 0.1) is 12.9 Å². The Morgan fingerprint density at radius 2 is 2.08 bits per heavy atom. The van der Waals surface area contributed by atoms with Gasteiger partial charge >= 0.3 is 6.18 Å². The van der Waals surface area contributed by atoms with Crippen molar-refractivity contribution in [2.45, 2.75) is 11.0 Å². The molecule has 4 nitrogen and oxygen atoms in total. The molecule has 0 fully saturated rings. The van der Waals surface area contributed by atoms with Crippen molar-refractivity contribution < 1.29 is 21.6 Å². The van der Waals surface area contributed by atoms with Crippen molar-refractivity contribution in [3.05, 3.63) is 0 Å². The molecule has 8 heteroatoms. The van der Waals surface area contributed by atoms with Crippen LogP contribution in [0.4, 0.5) is 13.2 Å². The molecule has 0 aromatic rings. The number of rotatable bonds is 1. The van der Waals surface area contributed by atoms with Crippen LogP contribution in [0.5, 0.6) is 0 Å². The van der Waals surface area contributed by atoms with Crippen LogP contribution in [0.25, 0.3) is 0 Å². The molecular formula is C5H7F3N2O2S. The number of hydrogen-bond acceptors (Lipinski definition) is 4. The molecule has 1 aliphatic rings. The second-order valence-electron chi connectivity index (χ2n) is 2.71. The van der Waals surface area contributed by atoms with E-state index in [9.17, 15) is 21.6 Å². The summed E-state index contributed by atoms with van der Waals surface area (Å²) in [4.78, 5) is 0.304. The number of sulfone groups is 1. The number of halogens is 3. The summed E-state index contributed by atoms with van der Waals surface area (Å²) >= 11 is 0. The molecule has 0 radical (unpaired) electrons. The zero-order valence-electron chi connectivity index (χ0n) is 6.59. The molecule has 0 bridgehead atoms. The molecule has 1 unspecified atom stereocenters. The van der Waals surface area contributed by atoms with E-state index in [1.165, 1.54) is 0 Å².